The summed E-state index contributed by atoms with van der Waals surface area (Å²) < 4.78 is 0. The lowest BCUT2D eigenvalue weighted by Gasteiger charge is -2.29. The van der Waals surface area contributed by atoms with Crippen molar-refractivity contribution >= 4 is 28.4 Å². The van der Waals surface area contributed by atoms with Gasteiger partial charge in [-0.2, -0.15) is 0 Å². The van der Waals surface area contributed by atoms with Gasteiger partial charge < -0.3 is 9.88 Å². The number of pyridine rings is 1. The summed E-state index contributed by atoms with van der Waals surface area (Å²) in [6.07, 6.45) is 5.26. The summed E-state index contributed by atoms with van der Waals surface area (Å²) >= 11 is 6.04. The van der Waals surface area contributed by atoms with E-state index in [0.717, 1.165) is 53.3 Å². The number of aromatic nitrogens is 1. The molecule has 0 aliphatic heterocycles. The molecule has 0 bridgehead atoms. The number of amides is 1. The van der Waals surface area contributed by atoms with Crippen molar-refractivity contribution in [1.82, 2.24) is 9.88 Å². The highest BCUT2D eigenvalue weighted by Crippen LogP contribution is 2.27. The molecular weight excluding hydrogens is 408 g/mol. The average Bonchev–Trinajstić information content (AvgIpc) is 2.78. The molecule has 3 aromatic rings. The zero-order chi connectivity index (χ0) is 22.0. The van der Waals surface area contributed by atoms with Gasteiger partial charge in [0, 0.05) is 28.4 Å². The molecule has 4 rings (SSSR count). The van der Waals surface area contributed by atoms with E-state index in [1.165, 1.54) is 6.42 Å². The first-order chi connectivity index (χ1) is 14.9. The number of H-pyrrole nitrogens is 1. The maximum atomic E-state index is 13.5. The van der Waals surface area contributed by atoms with Crippen LogP contribution in [-0.2, 0) is 17.9 Å². The molecule has 0 radical (unpaired) electrons. The number of nitrogens with zero attached hydrogens (tertiary/aromatic N) is 1. The summed E-state index contributed by atoms with van der Waals surface area (Å²) in [6.45, 7) is 4.81. The van der Waals surface area contributed by atoms with Crippen molar-refractivity contribution in [3.8, 4) is 0 Å². The molecule has 1 heterocycles. The first kappa shape index (κ1) is 21.6. The predicted octanol–water partition coefficient (Wildman–Crippen LogP) is 5.91. The van der Waals surface area contributed by atoms with Gasteiger partial charge in [0.1, 0.15) is 0 Å². The van der Waals surface area contributed by atoms with Crippen LogP contribution in [0.2, 0.25) is 5.02 Å². The van der Waals surface area contributed by atoms with Crippen LogP contribution in [0.5, 0.6) is 0 Å². The third kappa shape index (κ3) is 4.85. The third-order valence-electron chi connectivity index (χ3n) is 6.43. The number of fused-ring (bicyclic) bond motifs is 1. The van der Waals surface area contributed by atoms with E-state index in [1.807, 2.05) is 55.1 Å². The number of benzene rings is 2. The number of carbonyl (C=O) groups excluding carboxylic acids is 1. The van der Waals surface area contributed by atoms with E-state index < -0.39 is 0 Å². The molecule has 31 heavy (non-hydrogen) atoms. The van der Waals surface area contributed by atoms with Crippen LogP contribution in [0.4, 0.5) is 0 Å². The fourth-order valence-corrected chi connectivity index (χ4v) is 4.70. The summed E-state index contributed by atoms with van der Waals surface area (Å²) in [5.74, 6) is 0.194. The fraction of sp³-hybridized carbons (Fsp3) is 0.385. The number of hydrogen-bond donors (Lipinski definition) is 1. The summed E-state index contributed by atoms with van der Waals surface area (Å²) in [5.41, 5.74) is 4.54. The van der Waals surface area contributed by atoms with Crippen LogP contribution in [0, 0.1) is 19.8 Å². The van der Waals surface area contributed by atoms with Gasteiger partial charge in [-0.25, -0.2) is 0 Å². The van der Waals surface area contributed by atoms with Gasteiger partial charge in [-0.1, -0.05) is 55.1 Å². The molecule has 1 aromatic heterocycles. The Labute approximate surface area is 188 Å². The standard InChI is InChI=1S/C26H29ClN2O2/c1-17-8-9-18(2)24-23(17)14-21(25(30)28-24)16-29(15-19-10-12-22(27)13-11-19)26(31)20-6-4-3-5-7-20/h8-14,20H,3-7,15-16H2,1-2H3,(H,28,30). The molecule has 0 saturated heterocycles. The predicted molar refractivity (Wildman–Crippen MR) is 126 cm³/mol. The molecule has 1 N–H and O–H groups in total. The van der Waals surface area contributed by atoms with Crippen molar-refractivity contribution in [2.75, 3.05) is 0 Å². The monoisotopic (exact) mass is 436 g/mol. The van der Waals surface area contributed by atoms with Crippen LogP contribution >= 0.6 is 11.6 Å². The van der Waals surface area contributed by atoms with Crippen molar-refractivity contribution < 1.29 is 4.79 Å². The molecule has 1 amide bonds. The second kappa shape index (κ2) is 9.27. The Hall–Kier alpha value is -2.59. The number of rotatable bonds is 5. The van der Waals surface area contributed by atoms with E-state index in [9.17, 15) is 9.59 Å². The van der Waals surface area contributed by atoms with E-state index in [-0.39, 0.29) is 17.4 Å². The minimum Gasteiger partial charge on any atom is -0.334 e. The lowest BCUT2D eigenvalue weighted by Crippen LogP contribution is -2.37. The van der Waals surface area contributed by atoms with Crippen LogP contribution in [0.1, 0.15) is 54.4 Å². The number of carbonyl (C=O) groups is 1. The van der Waals surface area contributed by atoms with Gasteiger partial charge in [0.25, 0.3) is 5.56 Å². The van der Waals surface area contributed by atoms with Crippen LogP contribution < -0.4 is 5.56 Å². The van der Waals surface area contributed by atoms with Crippen LogP contribution in [0.15, 0.2) is 47.3 Å². The molecular formula is C26H29ClN2O2. The lowest BCUT2D eigenvalue weighted by molar-refractivity contribution is -0.137. The van der Waals surface area contributed by atoms with Crippen LogP contribution in [0.25, 0.3) is 10.9 Å². The Morgan fingerprint density at radius 1 is 1.00 bits per heavy atom. The van der Waals surface area contributed by atoms with Crippen molar-refractivity contribution in [1.29, 1.82) is 0 Å². The highest BCUT2D eigenvalue weighted by Gasteiger charge is 2.27. The molecule has 1 fully saturated rings. The molecule has 5 heteroatoms. The molecule has 2 aromatic carbocycles. The van der Waals surface area contributed by atoms with E-state index in [2.05, 4.69) is 11.1 Å². The molecule has 1 aliphatic rings. The largest absolute Gasteiger partial charge is 0.334 e. The van der Waals surface area contributed by atoms with E-state index in [4.69, 9.17) is 11.6 Å². The van der Waals surface area contributed by atoms with Gasteiger partial charge in [0.15, 0.2) is 0 Å². The molecule has 1 saturated carbocycles. The molecule has 1 aliphatic carbocycles. The van der Waals surface area contributed by atoms with Crippen LogP contribution in [-0.4, -0.2) is 15.8 Å². The Morgan fingerprint density at radius 3 is 2.39 bits per heavy atom. The van der Waals surface area contributed by atoms with Crippen molar-refractivity contribution in [3.05, 3.63) is 80.1 Å². The fourth-order valence-electron chi connectivity index (χ4n) is 4.57. The molecule has 162 valence electrons. The van der Waals surface area contributed by atoms with Crippen molar-refractivity contribution in [2.45, 2.75) is 59.0 Å². The van der Waals surface area contributed by atoms with Gasteiger partial charge in [-0.3, -0.25) is 9.59 Å². The SMILES string of the molecule is Cc1ccc(C)c2[nH]c(=O)c(CN(Cc3ccc(Cl)cc3)C(=O)C3CCCCC3)cc12. The van der Waals surface area contributed by atoms with Gasteiger partial charge in [0.05, 0.1) is 12.1 Å². The zero-order valence-corrected chi connectivity index (χ0v) is 19.0. The van der Waals surface area contributed by atoms with E-state index in [1.54, 1.807) is 0 Å². The minimum absolute atomic E-state index is 0.0459. The highest BCUT2D eigenvalue weighted by atomic mass is 35.5. The van der Waals surface area contributed by atoms with Gasteiger partial charge in [-0.05, 0) is 61.6 Å². The zero-order valence-electron chi connectivity index (χ0n) is 18.2. The van der Waals surface area contributed by atoms with Gasteiger partial charge in [0.2, 0.25) is 5.91 Å². The average molecular weight is 437 g/mol. The molecule has 0 atom stereocenters. The minimum atomic E-state index is -0.126. The van der Waals surface area contributed by atoms with Crippen molar-refractivity contribution in [3.63, 3.8) is 0 Å². The third-order valence-corrected chi connectivity index (χ3v) is 6.69. The maximum absolute atomic E-state index is 13.5. The van der Waals surface area contributed by atoms with Crippen LogP contribution in [0.3, 0.4) is 0 Å². The smallest absolute Gasteiger partial charge is 0.253 e. The first-order valence-corrected chi connectivity index (χ1v) is 11.5. The second-order valence-electron chi connectivity index (χ2n) is 8.77. The molecule has 0 unspecified atom stereocenters. The Bertz CT molecular complexity index is 1140. The number of aromatic amines is 1. The highest BCUT2D eigenvalue weighted by molar-refractivity contribution is 6.30. The van der Waals surface area contributed by atoms with E-state index >= 15 is 0 Å². The maximum Gasteiger partial charge on any atom is 0.253 e. The quantitative estimate of drug-likeness (QED) is 0.540. The summed E-state index contributed by atoms with van der Waals surface area (Å²) in [5, 5.41) is 1.71. The summed E-state index contributed by atoms with van der Waals surface area (Å²) in [4.78, 5) is 31.3. The number of hydrogen-bond acceptors (Lipinski definition) is 2. The Kier molecular flexibility index (Phi) is 6.47. The first-order valence-electron chi connectivity index (χ1n) is 11.1. The Morgan fingerprint density at radius 2 is 1.68 bits per heavy atom. The topological polar surface area (TPSA) is 53.2 Å². The Balaban J connectivity index is 1.68. The van der Waals surface area contributed by atoms with Gasteiger partial charge >= 0.3 is 0 Å². The van der Waals surface area contributed by atoms with E-state index in [0.29, 0.717) is 23.7 Å². The number of halogens is 1. The molecule has 0 spiro atoms. The summed E-state index contributed by atoms with van der Waals surface area (Å²) in [6, 6.07) is 13.6. The van der Waals surface area contributed by atoms with Crippen molar-refractivity contribution in [2.24, 2.45) is 5.92 Å². The number of aryl methyl sites for hydroxylation is 2. The number of nitrogens with one attached hydrogen (secondary N) is 1. The van der Waals surface area contributed by atoms with Gasteiger partial charge in [-0.15, -0.1) is 0 Å². The normalized spacial score (nSPS) is 14.7. The summed E-state index contributed by atoms with van der Waals surface area (Å²) in [7, 11) is 0. The lowest BCUT2D eigenvalue weighted by atomic mass is 9.88. The second-order valence-corrected chi connectivity index (χ2v) is 9.20. The molecule has 4 nitrogen and oxygen atoms in total.